The van der Waals surface area contributed by atoms with Crippen molar-refractivity contribution in [1.82, 2.24) is 4.90 Å². The number of methoxy groups -OCH3 is 1. The SMILES string of the molecule is COC(=O)[C@]1(c2ccccc2)C[C@@H]1CN1CC[C@@]2(C)c3cc(O)ccc3C[C@@H]1[C@H]2C. The number of phenols is 1. The number of phenolic OH excluding ortho intramolecular Hbond substituents is 1. The molecule has 4 heteroatoms. The van der Waals surface area contributed by atoms with E-state index in [1.807, 2.05) is 30.3 Å². The van der Waals surface area contributed by atoms with Gasteiger partial charge in [0.15, 0.2) is 0 Å². The van der Waals surface area contributed by atoms with Gasteiger partial charge in [0.25, 0.3) is 0 Å². The Bertz CT molecular complexity index is 973. The van der Waals surface area contributed by atoms with Crippen LogP contribution < -0.4 is 0 Å². The van der Waals surface area contributed by atoms with Gasteiger partial charge in [0, 0.05) is 12.6 Å². The highest BCUT2D eigenvalue weighted by Gasteiger charge is 2.63. The summed E-state index contributed by atoms with van der Waals surface area (Å²) in [7, 11) is 1.50. The quantitative estimate of drug-likeness (QED) is 0.780. The fourth-order valence-corrected chi connectivity index (χ4v) is 6.39. The Morgan fingerprint density at radius 2 is 2.00 bits per heavy atom. The van der Waals surface area contributed by atoms with E-state index in [1.54, 1.807) is 0 Å². The van der Waals surface area contributed by atoms with Crippen LogP contribution in [0.5, 0.6) is 5.75 Å². The predicted molar refractivity (Wildman–Crippen MR) is 117 cm³/mol. The fourth-order valence-electron chi connectivity index (χ4n) is 6.39. The van der Waals surface area contributed by atoms with E-state index in [9.17, 15) is 9.90 Å². The molecule has 0 amide bonds. The minimum Gasteiger partial charge on any atom is -0.508 e. The Labute approximate surface area is 178 Å². The molecule has 0 radical (unpaired) electrons. The lowest BCUT2D eigenvalue weighted by molar-refractivity contribution is -0.144. The second-order valence-corrected chi connectivity index (χ2v) is 9.79. The van der Waals surface area contributed by atoms with Crippen molar-refractivity contribution in [3.05, 3.63) is 65.2 Å². The number of esters is 1. The van der Waals surface area contributed by atoms with Gasteiger partial charge in [-0.2, -0.15) is 0 Å². The summed E-state index contributed by atoms with van der Waals surface area (Å²) >= 11 is 0. The van der Waals surface area contributed by atoms with Gasteiger partial charge in [-0.3, -0.25) is 9.69 Å². The van der Waals surface area contributed by atoms with Crippen molar-refractivity contribution in [3.8, 4) is 5.75 Å². The van der Waals surface area contributed by atoms with Gasteiger partial charge >= 0.3 is 5.97 Å². The van der Waals surface area contributed by atoms with Crippen LogP contribution in [-0.4, -0.2) is 42.2 Å². The molecule has 3 aliphatic rings. The number of hydrogen-bond acceptors (Lipinski definition) is 4. The number of carbonyl (C=O) groups is 1. The number of likely N-dealkylation sites (tertiary alicyclic amines) is 1. The van der Waals surface area contributed by atoms with Gasteiger partial charge in [0.05, 0.1) is 12.5 Å². The lowest BCUT2D eigenvalue weighted by atomic mass is 9.59. The summed E-state index contributed by atoms with van der Waals surface area (Å²) in [5.41, 5.74) is 3.38. The number of carbonyl (C=O) groups excluding carboxylic acids is 1. The number of fused-ring (bicyclic) bond motifs is 4. The molecular weight excluding hydrogens is 374 g/mol. The zero-order valence-electron chi connectivity index (χ0n) is 18.1. The maximum atomic E-state index is 12.8. The van der Waals surface area contributed by atoms with Crippen molar-refractivity contribution < 1.29 is 14.6 Å². The molecule has 0 aromatic heterocycles. The van der Waals surface area contributed by atoms with Crippen molar-refractivity contribution in [2.45, 2.75) is 50.0 Å². The van der Waals surface area contributed by atoms with Gasteiger partial charge in [-0.15, -0.1) is 0 Å². The van der Waals surface area contributed by atoms with E-state index in [4.69, 9.17) is 4.74 Å². The number of hydrogen-bond donors (Lipinski definition) is 1. The van der Waals surface area contributed by atoms with Crippen LogP contribution in [-0.2, 0) is 26.8 Å². The molecule has 158 valence electrons. The summed E-state index contributed by atoms with van der Waals surface area (Å²) in [6, 6.07) is 16.5. The molecule has 2 fully saturated rings. The molecule has 4 nitrogen and oxygen atoms in total. The minimum atomic E-state index is -0.488. The third-order valence-corrected chi connectivity index (χ3v) is 8.51. The van der Waals surface area contributed by atoms with Crippen LogP contribution in [0.25, 0.3) is 0 Å². The summed E-state index contributed by atoms with van der Waals surface area (Å²) in [4.78, 5) is 15.4. The molecule has 2 aromatic carbocycles. The average molecular weight is 406 g/mol. The maximum absolute atomic E-state index is 12.8. The maximum Gasteiger partial charge on any atom is 0.316 e. The normalized spacial score (nSPS) is 34.8. The number of nitrogens with zero attached hydrogens (tertiary/aromatic N) is 1. The van der Waals surface area contributed by atoms with Crippen molar-refractivity contribution >= 4 is 5.97 Å². The van der Waals surface area contributed by atoms with Crippen molar-refractivity contribution in [1.29, 1.82) is 0 Å². The molecule has 2 aliphatic carbocycles. The molecule has 1 N–H and O–H groups in total. The lowest BCUT2D eigenvalue weighted by Crippen LogP contribution is -2.58. The molecule has 5 rings (SSSR count). The van der Waals surface area contributed by atoms with Crippen molar-refractivity contribution in [3.63, 3.8) is 0 Å². The van der Waals surface area contributed by atoms with Crippen LogP contribution in [0.15, 0.2) is 48.5 Å². The second-order valence-electron chi connectivity index (χ2n) is 9.79. The van der Waals surface area contributed by atoms with Crippen LogP contribution in [0.3, 0.4) is 0 Å². The monoisotopic (exact) mass is 405 g/mol. The van der Waals surface area contributed by atoms with E-state index in [1.165, 1.54) is 18.2 Å². The first-order valence-electron chi connectivity index (χ1n) is 11.1. The molecule has 1 aliphatic heterocycles. The Hall–Kier alpha value is -2.33. The average Bonchev–Trinajstić information content (AvgIpc) is 3.48. The zero-order chi connectivity index (χ0) is 21.1. The van der Waals surface area contributed by atoms with Crippen LogP contribution >= 0.6 is 0 Å². The van der Waals surface area contributed by atoms with Gasteiger partial charge in [-0.25, -0.2) is 0 Å². The largest absolute Gasteiger partial charge is 0.508 e. The Morgan fingerprint density at radius 3 is 2.73 bits per heavy atom. The van der Waals surface area contributed by atoms with Crippen LogP contribution in [0.2, 0.25) is 0 Å². The molecule has 1 saturated carbocycles. The Morgan fingerprint density at radius 1 is 1.23 bits per heavy atom. The molecule has 1 heterocycles. The molecule has 1 saturated heterocycles. The summed E-state index contributed by atoms with van der Waals surface area (Å²) in [5.74, 6) is 1.07. The molecule has 0 unspecified atom stereocenters. The number of ether oxygens (including phenoxy) is 1. The van der Waals surface area contributed by atoms with Crippen LogP contribution in [0.1, 0.15) is 43.4 Å². The highest BCUT2D eigenvalue weighted by Crippen LogP contribution is 2.57. The number of rotatable bonds is 4. The van der Waals surface area contributed by atoms with Crippen LogP contribution in [0, 0.1) is 11.8 Å². The van der Waals surface area contributed by atoms with E-state index in [0.717, 1.165) is 37.9 Å². The van der Waals surface area contributed by atoms with Crippen molar-refractivity contribution in [2.75, 3.05) is 20.2 Å². The van der Waals surface area contributed by atoms with Crippen LogP contribution in [0.4, 0.5) is 0 Å². The minimum absolute atomic E-state index is 0.0932. The number of piperidine rings is 1. The first kappa shape index (κ1) is 19.6. The van der Waals surface area contributed by atoms with E-state index >= 15 is 0 Å². The highest BCUT2D eigenvalue weighted by molar-refractivity contribution is 5.87. The van der Waals surface area contributed by atoms with E-state index in [-0.39, 0.29) is 11.4 Å². The first-order valence-corrected chi connectivity index (χ1v) is 11.1. The molecule has 2 aromatic rings. The lowest BCUT2D eigenvalue weighted by Gasteiger charge is -2.54. The van der Waals surface area contributed by atoms with Gasteiger partial charge in [-0.05, 0) is 71.9 Å². The van der Waals surface area contributed by atoms with E-state index in [2.05, 4.69) is 36.9 Å². The summed E-state index contributed by atoms with van der Waals surface area (Å²) in [6.07, 6.45) is 2.95. The topological polar surface area (TPSA) is 49.8 Å². The summed E-state index contributed by atoms with van der Waals surface area (Å²) < 4.78 is 5.25. The smallest absolute Gasteiger partial charge is 0.316 e. The number of benzene rings is 2. The molecule has 5 atom stereocenters. The first-order chi connectivity index (χ1) is 14.4. The van der Waals surface area contributed by atoms with Crippen molar-refractivity contribution in [2.24, 2.45) is 11.8 Å². The summed E-state index contributed by atoms with van der Waals surface area (Å²) in [6.45, 7) is 6.69. The molecule has 2 bridgehead atoms. The van der Waals surface area contributed by atoms with Gasteiger partial charge < -0.3 is 9.84 Å². The van der Waals surface area contributed by atoms with Gasteiger partial charge in [0.2, 0.25) is 0 Å². The Balaban J connectivity index is 1.41. The fraction of sp³-hybridized carbons (Fsp3) is 0.500. The van der Waals surface area contributed by atoms with Gasteiger partial charge in [0.1, 0.15) is 5.75 Å². The standard InChI is InChI=1S/C26H31NO3/c1-17-23-13-18-9-10-21(28)14-22(18)25(17,2)11-12-27(23)16-20-15-26(20,24(29)30-3)19-7-5-4-6-8-19/h4-10,14,17,20,23,28H,11-13,15-16H2,1-3H3/t17-,20-,23-,25-,26+/m1/s1. The second kappa shape index (κ2) is 6.84. The Kier molecular flexibility index (Phi) is 4.48. The summed E-state index contributed by atoms with van der Waals surface area (Å²) in [5, 5.41) is 10.1. The molecule has 0 spiro atoms. The third kappa shape index (κ3) is 2.73. The molecule has 30 heavy (non-hydrogen) atoms. The van der Waals surface area contributed by atoms with Gasteiger partial charge in [-0.1, -0.05) is 50.2 Å². The highest BCUT2D eigenvalue weighted by atomic mass is 16.5. The third-order valence-electron chi connectivity index (χ3n) is 8.51. The molecular formula is C26H31NO3. The van der Waals surface area contributed by atoms with E-state index < -0.39 is 5.41 Å². The predicted octanol–water partition coefficient (Wildman–Crippen LogP) is 4.05. The zero-order valence-corrected chi connectivity index (χ0v) is 18.1. The number of aromatic hydroxyl groups is 1. The van der Waals surface area contributed by atoms with E-state index in [0.29, 0.717) is 23.6 Å².